The van der Waals surface area contributed by atoms with Crippen molar-refractivity contribution in [2.45, 2.75) is 44.7 Å². The fourth-order valence-electron chi connectivity index (χ4n) is 4.10. The molecule has 2 fully saturated rings. The predicted octanol–water partition coefficient (Wildman–Crippen LogP) is 1.22. The predicted molar refractivity (Wildman–Crippen MR) is 104 cm³/mol. The molecule has 1 N–H and O–H groups in total. The molecular weight excluding hydrogens is 364 g/mol. The SMILES string of the molecule is CS(=O)(=O)N1CC[C@H]2C(=O)NCCCCCCN(Cc3ccncc3)[C@@H]2C1. The fourth-order valence-corrected chi connectivity index (χ4v) is 4.96. The van der Waals surface area contributed by atoms with Gasteiger partial charge in [-0.1, -0.05) is 12.8 Å². The first kappa shape index (κ1) is 20.2. The van der Waals surface area contributed by atoms with Gasteiger partial charge in [0, 0.05) is 44.6 Å². The summed E-state index contributed by atoms with van der Waals surface area (Å²) in [5.74, 6) is -0.113. The highest BCUT2D eigenvalue weighted by atomic mass is 32.2. The summed E-state index contributed by atoms with van der Waals surface area (Å²) < 4.78 is 25.8. The first-order valence-corrected chi connectivity index (χ1v) is 11.7. The molecule has 2 saturated heterocycles. The molecule has 27 heavy (non-hydrogen) atoms. The van der Waals surface area contributed by atoms with Gasteiger partial charge < -0.3 is 5.32 Å². The summed E-state index contributed by atoms with van der Waals surface area (Å²) in [6, 6.07) is 3.86. The van der Waals surface area contributed by atoms with Crippen molar-refractivity contribution in [1.82, 2.24) is 19.5 Å². The van der Waals surface area contributed by atoms with Crippen LogP contribution in [-0.2, 0) is 21.4 Å². The van der Waals surface area contributed by atoms with Gasteiger partial charge in [-0.2, -0.15) is 0 Å². The number of aromatic nitrogens is 1. The summed E-state index contributed by atoms with van der Waals surface area (Å²) in [5, 5.41) is 3.07. The lowest BCUT2D eigenvalue weighted by Crippen LogP contribution is -2.57. The number of nitrogens with one attached hydrogen (secondary N) is 1. The lowest BCUT2D eigenvalue weighted by molar-refractivity contribution is -0.129. The van der Waals surface area contributed by atoms with Gasteiger partial charge in [0.2, 0.25) is 15.9 Å². The van der Waals surface area contributed by atoms with Gasteiger partial charge in [0.1, 0.15) is 0 Å². The van der Waals surface area contributed by atoms with Crippen LogP contribution in [0.3, 0.4) is 0 Å². The van der Waals surface area contributed by atoms with E-state index in [4.69, 9.17) is 0 Å². The number of pyridine rings is 1. The first-order chi connectivity index (χ1) is 12.9. The van der Waals surface area contributed by atoms with Gasteiger partial charge in [0.15, 0.2) is 0 Å². The number of hydrogen-bond acceptors (Lipinski definition) is 5. The average Bonchev–Trinajstić information content (AvgIpc) is 2.68. The smallest absolute Gasteiger partial charge is 0.224 e. The highest BCUT2D eigenvalue weighted by Gasteiger charge is 2.40. The van der Waals surface area contributed by atoms with Crippen LogP contribution in [0.15, 0.2) is 24.5 Å². The van der Waals surface area contributed by atoms with Gasteiger partial charge in [-0.25, -0.2) is 12.7 Å². The monoisotopic (exact) mass is 394 g/mol. The zero-order valence-corrected chi connectivity index (χ0v) is 16.8. The summed E-state index contributed by atoms with van der Waals surface area (Å²) in [7, 11) is -3.27. The number of fused-ring (bicyclic) bond motifs is 1. The van der Waals surface area contributed by atoms with Crippen LogP contribution >= 0.6 is 0 Å². The number of piperidine rings is 1. The van der Waals surface area contributed by atoms with Crippen LogP contribution in [0.4, 0.5) is 0 Å². The van der Waals surface area contributed by atoms with Gasteiger partial charge in [0.05, 0.1) is 12.2 Å². The minimum absolute atomic E-state index is 0.0646. The first-order valence-electron chi connectivity index (χ1n) is 9.81. The summed E-state index contributed by atoms with van der Waals surface area (Å²) in [4.78, 5) is 19.2. The molecule has 0 bridgehead atoms. The van der Waals surface area contributed by atoms with E-state index in [0.717, 1.165) is 37.8 Å². The van der Waals surface area contributed by atoms with E-state index in [0.29, 0.717) is 32.6 Å². The number of sulfonamides is 1. The van der Waals surface area contributed by atoms with Crippen LogP contribution < -0.4 is 5.32 Å². The van der Waals surface area contributed by atoms with Crippen molar-refractivity contribution in [2.75, 3.05) is 32.4 Å². The second-order valence-corrected chi connectivity index (χ2v) is 9.60. The molecule has 0 aliphatic carbocycles. The van der Waals surface area contributed by atoms with E-state index < -0.39 is 10.0 Å². The third-order valence-corrected chi connectivity index (χ3v) is 6.90. The standard InChI is InChI=1S/C19H30N4O3S/c1-27(25,26)23-13-8-17-18(15-23)22(14-16-6-10-20-11-7-16)12-5-3-2-4-9-21-19(17)24/h6-7,10-11,17-18H,2-5,8-9,12-15H2,1H3,(H,21,24)/t17-,18-/m1/s1. The second kappa shape index (κ2) is 9.12. The number of carbonyl (C=O) groups excluding carboxylic acids is 1. The molecule has 1 amide bonds. The molecule has 8 heteroatoms. The van der Waals surface area contributed by atoms with E-state index in [1.165, 1.54) is 10.6 Å². The van der Waals surface area contributed by atoms with E-state index in [-0.39, 0.29) is 17.9 Å². The Balaban J connectivity index is 1.87. The van der Waals surface area contributed by atoms with E-state index in [9.17, 15) is 13.2 Å². The molecule has 2 aliphatic rings. The molecule has 0 radical (unpaired) electrons. The summed E-state index contributed by atoms with van der Waals surface area (Å²) in [6.07, 6.45) is 9.65. The number of rotatable bonds is 3. The normalized spacial score (nSPS) is 26.6. The zero-order chi connectivity index (χ0) is 19.3. The van der Waals surface area contributed by atoms with Crippen LogP contribution in [0.5, 0.6) is 0 Å². The summed E-state index contributed by atoms with van der Waals surface area (Å²) in [6.45, 7) is 3.07. The third kappa shape index (κ3) is 5.49. The topological polar surface area (TPSA) is 82.6 Å². The van der Waals surface area contributed by atoms with Gasteiger partial charge >= 0.3 is 0 Å². The largest absolute Gasteiger partial charge is 0.356 e. The minimum atomic E-state index is -3.27. The molecular formula is C19H30N4O3S. The average molecular weight is 395 g/mol. The maximum Gasteiger partial charge on any atom is 0.224 e. The molecule has 0 aromatic carbocycles. The maximum atomic E-state index is 12.8. The van der Waals surface area contributed by atoms with Crippen LogP contribution in [0.1, 0.15) is 37.7 Å². The molecule has 0 unspecified atom stereocenters. The van der Waals surface area contributed by atoms with Crippen LogP contribution in [0, 0.1) is 5.92 Å². The molecule has 3 rings (SSSR count). The van der Waals surface area contributed by atoms with E-state index in [2.05, 4.69) is 15.2 Å². The van der Waals surface area contributed by atoms with Crippen molar-refractivity contribution < 1.29 is 13.2 Å². The molecule has 150 valence electrons. The van der Waals surface area contributed by atoms with Gasteiger partial charge in [-0.05, 0) is 43.5 Å². The lowest BCUT2D eigenvalue weighted by atomic mass is 9.90. The molecule has 1 aromatic heterocycles. The van der Waals surface area contributed by atoms with E-state index in [1.54, 1.807) is 12.4 Å². The lowest BCUT2D eigenvalue weighted by Gasteiger charge is -2.42. The van der Waals surface area contributed by atoms with Crippen molar-refractivity contribution in [3.63, 3.8) is 0 Å². The second-order valence-electron chi connectivity index (χ2n) is 7.61. The zero-order valence-electron chi connectivity index (χ0n) is 16.0. The van der Waals surface area contributed by atoms with Crippen molar-refractivity contribution in [1.29, 1.82) is 0 Å². The molecule has 2 aliphatic heterocycles. The van der Waals surface area contributed by atoms with Crippen LogP contribution in [0.25, 0.3) is 0 Å². The maximum absolute atomic E-state index is 12.8. The Morgan fingerprint density at radius 2 is 1.89 bits per heavy atom. The van der Waals surface area contributed by atoms with Crippen molar-refractivity contribution in [3.05, 3.63) is 30.1 Å². The van der Waals surface area contributed by atoms with Crippen molar-refractivity contribution in [2.24, 2.45) is 5.92 Å². The number of hydrogen-bond donors (Lipinski definition) is 1. The Hall–Kier alpha value is -1.51. The van der Waals surface area contributed by atoms with Crippen LogP contribution in [-0.4, -0.2) is 67.0 Å². The number of amides is 1. The van der Waals surface area contributed by atoms with Gasteiger partial charge in [0.25, 0.3) is 0 Å². The van der Waals surface area contributed by atoms with Crippen LogP contribution in [0.2, 0.25) is 0 Å². The Morgan fingerprint density at radius 1 is 1.15 bits per heavy atom. The van der Waals surface area contributed by atoms with Gasteiger partial charge in [-0.3, -0.25) is 14.7 Å². The van der Waals surface area contributed by atoms with Crippen molar-refractivity contribution in [3.8, 4) is 0 Å². The fraction of sp³-hybridized carbons (Fsp3) is 0.684. The molecule has 7 nitrogen and oxygen atoms in total. The van der Waals surface area contributed by atoms with Crippen molar-refractivity contribution >= 4 is 15.9 Å². The quantitative estimate of drug-likeness (QED) is 0.834. The molecule has 3 heterocycles. The Morgan fingerprint density at radius 3 is 2.63 bits per heavy atom. The summed E-state index contributed by atoms with van der Waals surface area (Å²) >= 11 is 0. The summed E-state index contributed by atoms with van der Waals surface area (Å²) in [5.41, 5.74) is 1.13. The number of nitrogens with zero attached hydrogens (tertiary/aromatic N) is 3. The Bertz CT molecular complexity index is 726. The third-order valence-electron chi connectivity index (χ3n) is 5.63. The minimum Gasteiger partial charge on any atom is -0.356 e. The van der Waals surface area contributed by atoms with E-state index in [1.807, 2.05) is 12.1 Å². The number of carbonyl (C=O) groups is 1. The highest BCUT2D eigenvalue weighted by Crippen LogP contribution is 2.27. The molecule has 0 spiro atoms. The van der Waals surface area contributed by atoms with Gasteiger partial charge in [-0.15, -0.1) is 0 Å². The van der Waals surface area contributed by atoms with E-state index >= 15 is 0 Å². The highest BCUT2D eigenvalue weighted by molar-refractivity contribution is 7.88. The molecule has 1 aromatic rings. The molecule has 0 saturated carbocycles. The Kier molecular flexibility index (Phi) is 6.83. The molecule has 2 atom stereocenters. The Labute approximate surface area is 162 Å².